The number of aromatic nitrogens is 1. The lowest BCUT2D eigenvalue weighted by Gasteiger charge is -2.25. The van der Waals surface area contributed by atoms with E-state index in [0.29, 0.717) is 0 Å². The summed E-state index contributed by atoms with van der Waals surface area (Å²) >= 11 is 0. The average molecular weight is 702 g/mol. The SMILES string of the molecule is CCCCCCCCCCCCN(CCCCCCCCCCCC)c1ccc(/C=C/c2cccc[n+]2CCCCCCCCCCCC)cc1. The molecule has 0 saturated carbocycles. The molecule has 0 atom stereocenters. The maximum Gasteiger partial charge on any atom is 0.205 e. The van der Waals surface area contributed by atoms with Crippen molar-refractivity contribution in [1.29, 1.82) is 0 Å². The molecular weight excluding hydrogens is 617 g/mol. The van der Waals surface area contributed by atoms with Gasteiger partial charge in [-0.25, -0.2) is 0 Å². The molecule has 0 spiro atoms. The zero-order valence-electron chi connectivity index (χ0n) is 34.5. The molecule has 0 aliphatic rings. The largest absolute Gasteiger partial charge is 0.372 e. The van der Waals surface area contributed by atoms with Gasteiger partial charge < -0.3 is 4.90 Å². The van der Waals surface area contributed by atoms with Gasteiger partial charge in [0.25, 0.3) is 0 Å². The Balaban J connectivity index is 1.81. The minimum Gasteiger partial charge on any atom is -0.372 e. The number of aryl methyl sites for hydroxylation is 1. The number of nitrogens with zero attached hydrogens (tertiary/aromatic N) is 2. The van der Waals surface area contributed by atoms with Crippen molar-refractivity contribution in [2.24, 2.45) is 0 Å². The Labute approximate surface area is 319 Å². The first kappa shape index (κ1) is 45.1. The highest BCUT2D eigenvalue weighted by molar-refractivity contribution is 5.68. The fraction of sp³-hybridized carbons (Fsp3) is 0.735. The second-order valence-corrected chi connectivity index (χ2v) is 15.8. The van der Waals surface area contributed by atoms with E-state index in [-0.39, 0.29) is 0 Å². The lowest BCUT2D eigenvalue weighted by atomic mass is 10.1. The first-order valence-corrected chi connectivity index (χ1v) is 22.8. The summed E-state index contributed by atoms with van der Waals surface area (Å²) in [5.41, 5.74) is 4.02. The molecule has 0 aliphatic heterocycles. The Kier molecular flexibility index (Phi) is 29.8. The molecule has 2 heteroatoms. The Morgan fingerprint density at radius 1 is 0.412 bits per heavy atom. The maximum absolute atomic E-state index is 2.70. The molecule has 2 aromatic rings. The van der Waals surface area contributed by atoms with Crippen molar-refractivity contribution < 1.29 is 4.57 Å². The topological polar surface area (TPSA) is 7.12 Å². The quantitative estimate of drug-likeness (QED) is 0.0507. The van der Waals surface area contributed by atoms with Crippen LogP contribution in [0.1, 0.15) is 225 Å². The van der Waals surface area contributed by atoms with Gasteiger partial charge in [-0.3, -0.25) is 0 Å². The Morgan fingerprint density at radius 2 is 0.804 bits per heavy atom. The number of pyridine rings is 1. The summed E-state index contributed by atoms with van der Waals surface area (Å²) in [6.07, 6.45) is 48.8. The van der Waals surface area contributed by atoms with Crippen LogP contribution in [0.15, 0.2) is 48.7 Å². The van der Waals surface area contributed by atoms with Gasteiger partial charge in [-0.05, 0) is 49.1 Å². The number of unbranched alkanes of at least 4 members (excludes halogenated alkanes) is 27. The second kappa shape index (κ2) is 33.7. The van der Waals surface area contributed by atoms with Crippen molar-refractivity contribution >= 4 is 17.8 Å². The smallest absolute Gasteiger partial charge is 0.205 e. The number of benzene rings is 1. The normalized spacial score (nSPS) is 11.6. The maximum atomic E-state index is 2.70. The number of hydrogen-bond acceptors (Lipinski definition) is 1. The molecule has 0 N–H and O–H groups in total. The molecule has 0 aliphatic carbocycles. The Hall–Kier alpha value is -2.09. The molecule has 0 bridgehead atoms. The van der Waals surface area contributed by atoms with Crippen molar-refractivity contribution in [2.45, 2.75) is 220 Å². The third kappa shape index (κ3) is 24.7. The van der Waals surface area contributed by atoms with Gasteiger partial charge in [-0.1, -0.05) is 200 Å². The van der Waals surface area contributed by atoms with E-state index in [9.17, 15) is 0 Å². The molecule has 1 aromatic carbocycles. The van der Waals surface area contributed by atoms with Crippen molar-refractivity contribution in [3.8, 4) is 0 Å². The van der Waals surface area contributed by atoms with Crippen LogP contribution in [0.4, 0.5) is 5.69 Å². The van der Waals surface area contributed by atoms with E-state index in [1.54, 1.807) is 0 Å². The minimum atomic E-state index is 1.11. The summed E-state index contributed by atoms with van der Waals surface area (Å²) in [4.78, 5) is 2.70. The summed E-state index contributed by atoms with van der Waals surface area (Å²) in [6, 6.07) is 16.1. The van der Waals surface area contributed by atoms with Crippen molar-refractivity contribution in [3.63, 3.8) is 0 Å². The highest BCUT2D eigenvalue weighted by atomic mass is 15.1. The highest BCUT2D eigenvalue weighted by Gasteiger charge is 2.09. The van der Waals surface area contributed by atoms with E-state index >= 15 is 0 Å². The summed E-state index contributed by atoms with van der Waals surface area (Å²) in [5, 5.41) is 0. The first-order valence-electron chi connectivity index (χ1n) is 22.8. The van der Waals surface area contributed by atoms with E-state index in [1.807, 2.05) is 0 Å². The van der Waals surface area contributed by atoms with Crippen molar-refractivity contribution in [3.05, 3.63) is 59.9 Å². The van der Waals surface area contributed by atoms with E-state index < -0.39 is 0 Å². The van der Waals surface area contributed by atoms with Gasteiger partial charge >= 0.3 is 0 Å². The van der Waals surface area contributed by atoms with E-state index in [4.69, 9.17) is 0 Å². The van der Waals surface area contributed by atoms with E-state index in [0.717, 1.165) is 6.54 Å². The molecule has 290 valence electrons. The van der Waals surface area contributed by atoms with Gasteiger partial charge in [0.05, 0.1) is 0 Å². The molecule has 0 unspecified atom stereocenters. The lowest BCUT2D eigenvalue weighted by molar-refractivity contribution is -0.699. The minimum absolute atomic E-state index is 1.11. The first-order chi connectivity index (χ1) is 25.3. The van der Waals surface area contributed by atoms with Crippen LogP contribution in [0, 0.1) is 0 Å². The standard InChI is InChI=1S/C49H85N2/c1-4-7-10-13-16-19-22-25-28-32-43-50-46-35-31-36-48(50)40-37-47-38-41-49(42-39-47)51(44-33-29-26-23-20-17-14-11-8-5-2)45-34-30-27-24-21-18-15-12-9-6-3/h31,35-42,46H,4-30,32-34,43-45H2,1-3H3/q+1. The molecule has 1 heterocycles. The van der Waals surface area contributed by atoms with E-state index in [1.165, 1.54) is 223 Å². The van der Waals surface area contributed by atoms with Crippen LogP contribution >= 0.6 is 0 Å². The molecule has 0 amide bonds. The monoisotopic (exact) mass is 702 g/mol. The fourth-order valence-electron chi connectivity index (χ4n) is 7.54. The number of rotatable bonds is 36. The van der Waals surface area contributed by atoms with Gasteiger partial charge in [-0.15, -0.1) is 0 Å². The molecule has 2 nitrogen and oxygen atoms in total. The molecule has 2 rings (SSSR count). The second-order valence-electron chi connectivity index (χ2n) is 15.8. The molecule has 0 saturated heterocycles. The van der Waals surface area contributed by atoms with Crippen LogP contribution < -0.4 is 9.47 Å². The summed E-state index contributed by atoms with van der Waals surface area (Å²) < 4.78 is 2.44. The lowest BCUT2D eigenvalue weighted by Crippen LogP contribution is -2.36. The zero-order chi connectivity index (χ0) is 36.3. The third-order valence-corrected chi connectivity index (χ3v) is 11.0. The molecule has 1 aromatic heterocycles. The summed E-state index contributed by atoms with van der Waals surface area (Å²) in [6.45, 7) is 10.4. The Morgan fingerprint density at radius 3 is 1.24 bits per heavy atom. The zero-order valence-corrected chi connectivity index (χ0v) is 34.5. The van der Waals surface area contributed by atoms with Gasteiger partial charge in [0, 0.05) is 43.4 Å². The number of anilines is 1. The van der Waals surface area contributed by atoms with Crippen LogP contribution in [-0.2, 0) is 6.54 Å². The van der Waals surface area contributed by atoms with Gasteiger partial charge in [0.2, 0.25) is 5.69 Å². The summed E-state index contributed by atoms with van der Waals surface area (Å²) in [5.74, 6) is 0. The van der Waals surface area contributed by atoms with Crippen LogP contribution in [0.3, 0.4) is 0 Å². The van der Waals surface area contributed by atoms with Crippen molar-refractivity contribution in [1.82, 2.24) is 0 Å². The fourth-order valence-corrected chi connectivity index (χ4v) is 7.54. The Bertz CT molecular complexity index is 1020. The molecule has 0 radical (unpaired) electrons. The average Bonchev–Trinajstić information content (AvgIpc) is 3.16. The van der Waals surface area contributed by atoms with Crippen LogP contribution in [0.25, 0.3) is 12.2 Å². The number of hydrogen-bond donors (Lipinski definition) is 0. The predicted octanol–water partition coefficient (Wildman–Crippen LogP) is 15.7. The van der Waals surface area contributed by atoms with Crippen LogP contribution in [-0.4, -0.2) is 13.1 Å². The highest BCUT2D eigenvalue weighted by Crippen LogP contribution is 2.20. The van der Waals surface area contributed by atoms with E-state index in [2.05, 4.69) is 91.1 Å². The van der Waals surface area contributed by atoms with Gasteiger partial charge in [-0.2, -0.15) is 4.57 Å². The third-order valence-electron chi connectivity index (χ3n) is 11.0. The van der Waals surface area contributed by atoms with Crippen LogP contribution in [0.5, 0.6) is 0 Å². The predicted molar refractivity (Wildman–Crippen MR) is 230 cm³/mol. The van der Waals surface area contributed by atoms with Gasteiger partial charge in [0.1, 0.15) is 6.54 Å². The van der Waals surface area contributed by atoms with Crippen molar-refractivity contribution in [2.75, 3.05) is 18.0 Å². The summed E-state index contributed by atoms with van der Waals surface area (Å²) in [7, 11) is 0. The molecule has 0 fully saturated rings. The van der Waals surface area contributed by atoms with Gasteiger partial charge in [0.15, 0.2) is 6.20 Å². The molecule has 51 heavy (non-hydrogen) atoms. The molecular formula is C49H85N2+. The van der Waals surface area contributed by atoms with Crippen LogP contribution in [0.2, 0.25) is 0 Å².